The molecule has 0 saturated carbocycles. The van der Waals surface area contributed by atoms with Gasteiger partial charge in [0.25, 0.3) is 0 Å². The monoisotopic (exact) mass is 416 g/mol. The number of hydrogen-bond acceptors (Lipinski definition) is 5. The summed E-state index contributed by atoms with van der Waals surface area (Å²) in [5.74, 6) is 1.25. The van der Waals surface area contributed by atoms with Crippen LogP contribution in [-0.4, -0.2) is 36.1 Å². The number of rotatable bonds is 7. The smallest absolute Gasteiger partial charge is 0.330 e. The summed E-state index contributed by atoms with van der Waals surface area (Å²) in [6.45, 7) is 4.05. The number of ether oxygens (including phenoxy) is 1. The molecule has 1 atom stereocenters. The van der Waals surface area contributed by atoms with E-state index in [-0.39, 0.29) is 5.97 Å². The van der Waals surface area contributed by atoms with E-state index >= 15 is 0 Å². The molecule has 2 aromatic carbocycles. The Bertz CT molecular complexity index is 1040. The number of benzene rings is 2. The molecule has 31 heavy (non-hydrogen) atoms. The van der Waals surface area contributed by atoms with Gasteiger partial charge in [-0.2, -0.15) is 0 Å². The Morgan fingerprint density at radius 1 is 1.19 bits per heavy atom. The maximum absolute atomic E-state index is 11.3. The standard InChI is InChI=1S/C26H28N2O3/c1-19-23(27-26(31-19)22-7-4-3-5-8-22)16-18-28-17-6-9-24(28)21-13-10-20(11-14-21)12-15-25(29)30-2/h3-5,7-8,10-15,24H,6,9,16-18H2,1-2H3/b15-12+/t24-/m0/s1. The lowest BCUT2D eigenvalue weighted by Crippen LogP contribution is -2.26. The zero-order valence-electron chi connectivity index (χ0n) is 18.1. The van der Waals surface area contributed by atoms with E-state index in [4.69, 9.17) is 9.40 Å². The van der Waals surface area contributed by atoms with Crippen molar-refractivity contribution in [2.24, 2.45) is 0 Å². The molecule has 5 heteroatoms. The van der Waals surface area contributed by atoms with Crippen LogP contribution in [-0.2, 0) is 16.0 Å². The highest BCUT2D eigenvalue weighted by atomic mass is 16.5. The molecule has 0 radical (unpaired) electrons. The van der Waals surface area contributed by atoms with Gasteiger partial charge in [-0.3, -0.25) is 4.90 Å². The van der Waals surface area contributed by atoms with Crippen molar-refractivity contribution < 1.29 is 13.9 Å². The summed E-state index contributed by atoms with van der Waals surface area (Å²) in [5.41, 5.74) is 4.35. The molecule has 1 saturated heterocycles. The summed E-state index contributed by atoms with van der Waals surface area (Å²) in [6, 6.07) is 18.9. The van der Waals surface area contributed by atoms with Crippen LogP contribution >= 0.6 is 0 Å². The van der Waals surface area contributed by atoms with Gasteiger partial charge < -0.3 is 9.15 Å². The predicted molar refractivity (Wildman–Crippen MR) is 121 cm³/mol. The molecule has 0 amide bonds. The average Bonchev–Trinajstić information content (AvgIpc) is 3.43. The van der Waals surface area contributed by atoms with Crippen LogP contribution in [0.1, 0.15) is 41.5 Å². The second-order valence-electron chi connectivity index (χ2n) is 7.86. The Hall–Kier alpha value is -3.18. The van der Waals surface area contributed by atoms with Gasteiger partial charge in [0.15, 0.2) is 0 Å². The zero-order chi connectivity index (χ0) is 21.6. The third-order valence-corrected chi connectivity index (χ3v) is 5.85. The first-order valence-electron chi connectivity index (χ1n) is 10.8. The van der Waals surface area contributed by atoms with Crippen molar-refractivity contribution in [2.75, 3.05) is 20.2 Å². The number of methoxy groups -OCH3 is 1. The first-order chi connectivity index (χ1) is 15.1. The van der Waals surface area contributed by atoms with Gasteiger partial charge in [0.2, 0.25) is 5.89 Å². The van der Waals surface area contributed by atoms with E-state index in [2.05, 4.69) is 33.9 Å². The van der Waals surface area contributed by atoms with E-state index in [1.165, 1.54) is 25.2 Å². The van der Waals surface area contributed by atoms with Gasteiger partial charge in [0, 0.05) is 30.6 Å². The highest BCUT2D eigenvalue weighted by Crippen LogP contribution is 2.32. The van der Waals surface area contributed by atoms with Crippen molar-refractivity contribution in [3.8, 4) is 11.5 Å². The lowest BCUT2D eigenvalue weighted by Gasteiger charge is -2.24. The van der Waals surface area contributed by atoms with Gasteiger partial charge in [0.1, 0.15) is 5.76 Å². The maximum Gasteiger partial charge on any atom is 0.330 e. The molecule has 0 unspecified atom stereocenters. The molecule has 0 N–H and O–H groups in total. The molecule has 2 heterocycles. The number of hydrogen-bond donors (Lipinski definition) is 0. The number of nitrogens with zero attached hydrogens (tertiary/aromatic N) is 2. The molecule has 0 aliphatic carbocycles. The van der Waals surface area contributed by atoms with E-state index < -0.39 is 0 Å². The van der Waals surface area contributed by atoms with Crippen molar-refractivity contribution in [1.82, 2.24) is 9.88 Å². The van der Waals surface area contributed by atoms with Gasteiger partial charge in [0.05, 0.1) is 12.8 Å². The highest BCUT2D eigenvalue weighted by molar-refractivity contribution is 5.86. The first-order valence-corrected chi connectivity index (χ1v) is 10.8. The van der Waals surface area contributed by atoms with Crippen LogP contribution in [0.15, 0.2) is 65.1 Å². The van der Waals surface area contributed by atoms with Crippen LogP contribution in [0.2, 0.25) is 0 Å². The van der Waals surface area contributed by atoms with E-state index in [1.807, 2.05) is 37.3 Å². The SMILES string of the molecule is COC(=O)/C=C/c1ccc([C@@H]2CCCN2CCc2nc(-c3ccccc3)oc2C)cc1. The van der Waals surface area contributed by atoms with Crippen molar-refractivity contribution in [3.63, 3.8) is 0 Å². The third-order valence-electron chi connectivity index (χ3n) is 5.85. The minimum Gasteiger partial charge on any atom is -0.466 e. The molecule has 3 aromatic rings. The Morgan fingerprint density at radius 2 is 1.97 bits per heavy atom. The second-order valence-corrected chi connectivity index (χ2v) is 7.86. The summed E-state index contributed by atoms with van der Waals surface area (Å²) < 4.78 is 10.6. The number of aryl methyl sites for hydroxylation is 1. The minimum absolute atomic E-state index is 0.343. The summed E-state index contributed by atoms with van der Waals surface area (Å²) in [7, 11) is 1.38. The summed E-state index contributed by atoms with van der Waals surface area (Å²) in [5, 5.41) is 0. The van der Waals surface area contributed by atoms with Crippen LogP contribution in [0.25, 0.3) is 17.5 Å². The molecule has 5 nitrogen and oxygen atoms in total. The summed E-state index contributed by atoms with van der Waals surface area (Å²) in [6.07, 6.45) is 6.45. The molecule has 160 valence electrons. The molecular formula is C26H28N2O3. The van der Waals surface area contributed by atoms with Crippen LogP contribution in [0.4, 0.5) is 0 Å². The second kappa shape index (κ2) is 9.75. The van der Waals surface area contributed by atoms with E-state index in [1.54, 1.807) is 6.08 Å². The number of likely N-dealkylation sites (tertiary alicyclic amines) is 1. The fourth-order valence-electron chi connectivity index (χ4n) is 4.15. The topological polar surface area (TPSA) is 55.6 Å². The number of carbonyl (C=O) groups excluding carboxylic acids is 1. The van der Waals surface area contributed by atoms with Crippen molar-refractivity contribution >= 4 is 12.0 Å². The van der Waals surface area contributed by atoms with E-state index in [0.29, 0.717) is 11.9 Å². The van der Waals surface area contributed by atoms with Crippen LogP contribution in [0, 0.1) is 6.92 Å². The Kier molecular flexibility index (Phi) is 6.63. The predicted octanol–water partition coefficient (Wildman–Crippen LogP) is 5.22. The molecule has 1 aliphatic heterocycles. The van der Waals surface area contributed by atoms with Gasteiger partial charge >= 0.3 is 5.97 Å². The number of aromatic nitrogens is 1. The Balaban J connectivity index is 1.40. The summed E-state index contributed by atoms with van der Waals surface area (Å²) >= 11 is 0. The van der Waals surface area contributed by atoms with Crippen molar-refractivity contribution in [3.05, 3.63) is 83.3 Å². The van der Waals surface area contributed by atoms with Crippen LogP contribution in [0.5, 0.6) is 0 Å². The average molecular weight is 417 g/mol. The van der Waals surface area contributed by atoms with Crippen molar-refractivity contribution in [2.45, 2.75) is 32.2 Å². The molecular weight excluding hydrogens is 388 g/mol. The van der Waals surface area contributed by atoms with Crippen LogP contribution < -0.4 is 0 Å². The fraction of sp³-hybridized carbons (Fsp3) is 0.308. The fourth-order valence-corrected chi connectivity index (χ4v) is 4.15. The number of carbonyl (C=O) groups is 1. The van der Waals surface area contributed by atoms with Gasteiger partial charge in [-0.15, -0.1) is 0 Å². The van der Waals surface area contributed by atoms with Crippen LogP contribution in [0.3, 0.4) is 0 Å². The first kappa shape index (κ1) is 21.1. The maximum atomic E-state index is 11.3. The minimum atomic E-state index is -0.343. The third kappa shape index (κ3) is 5.12. The van der Waals surface area contributed by atoms with Gasteiger partial charge in [-0.1, -0.05) is 42.5 Å². The Morgan fingerprint density at radius 3 is 2.71 bits per heavy atom. The lowest BCUT2D eigenvalue weighted by molar-refractivity contribution is -0.134. The Labute approximate surface area is 183 Å². The lowest BCUT2D eigenvalue weighted by atomic mass is 10.0. The number of esters is 1. The molecule has 1 fully saturated rings. The number of oxazole rings is 1. The van der Waals surface area contributed by atoms with Gasteiger partial charge in [-0.25, -0.2) is 9.78 Å². The van der Waals surface area contributed by atoms with E-state index in [9.17, 15) is 4.79 Å². The molecule has 1 aromatic heterocycles. The molecule has 0 bridgehead atoms. The molecule has 0 spiro atoms. The van der Waals surface area contributed by atoms with Crippen molar-refractivity contribution in [1.29, 1.82) is 0 Å². The normalized spacial score (nSPS) is 16.8. The van der Waals surface area contributed by atoms with Gasteiger partial charge in [-0.05, 0) is 55.6 Å². The molecule has 4 rings (SSSR count). The zero-order valence-corrected chi connectivity index (χ0v) is 18.1. The quantitative estimate of drug-likeness (QED) is 0.391. The largest absolute Gasteiger partial charge is 0.466 e. The molecule has 1 aliphatic rings. The highest BCUT2D eigenvalue weighted by Gasteiger charge is 2.26. The van der Waals surface area contributed by atoms with E-state index in [0.717, 1.165) is 48.5 Å². The summed E-state index contributed by atoms with van der Waals surface area (Å²) in [4.78, 5) is 18.6.